The van der Waals surface area contributed by atoms with Gasteiger partial charge in [0, 0.05) is 21.1 Å². The van der Waals surface area contributed by atoms with E-state index in [1.807, 2.05) is 6.92 Å². The number of benzene rings is 1. The lowest BCUT2D eigenvalue weighted by Crippen LogP contribution is -2.33. The maximum atomic E-state index is 12.6. The standard InChI is InChI=1S/C19H23N5O4/c1-6-11(7-2)20-14-15(19(28)24(5)22-17(14)26)21-13-10-8-9-12(16(13)25)18(27)23(3)4/h1,8-11,20-21,25H,7H2,2-5H3,(H,22,26). The van der Waals surface area contributed by atoms with Gasteiger partial charge in [0.25, 0.3) is 17.0 Å². The van der Waals surface area contributed by atoms with Crippen LogP contribution in [-0.2, 0) is 7.05 Å². The van der Waals surface area contributed by atoms with E-state index in [-0.39, 0.29) is 28.4 Å². The number of carbonyl (C=O) groups is 1. The van der Waals surface area contributed by atoms with Gasteiger partial charge in [-0.15, -0.1) is 6.42 Å². The molecule has 1 atom stereocenters. The van der Waals surface area contributed by atoms with Crippen LogP contribution in [0.15, 0.2) is 27.8 Å². The number of anilines is 3. The Morgan fingerprint density at radius 3 is 2.61 bits per heavy atom. The van der Waals surface area contributed by atoms with Crippen LogP contribution >= 0.6 is 0 Å². The monoisotopic (exact) mass is 385 g/mol. The fourth-order valence-electron chi connectivity index (χ4n) is 2.53. The molecule has 148 valence electrons. The fraction of sp³-hybridized carbons (Fsp3) is 0.316. The first-order valence-corrected chi connectivity index (χ1v) is 8.57. The SMILES string of the molecule is C#CC(CC)Nc1c(Nc2cccc(C(=O)N(C)C)c2O)c(=O)n(C)[nH]c1=O. The summed E-state index contributed by atoms with van der Waals surface area (Å²) in [6, 6.07) is 4.04. The lowest BCUT2D eigenvalue weighted by molar-refractivity contribution is 0.0824. The molecule has 9 heteroatoms. The Kier molecular flexibility index (Phi) is 6.15. The maximum absolute atomic E-state index is 12.6. The molecule has 1 aromatic carbocycles. The van der Waals surface area contributed by atoms with Gasteiger partial charge in [0.1, 0.15) is 11.4 Å². The van der Waals surface area contributed by atoms with Crippen molar-refractivity contribution < 1.29 is 9.90 Å². The minimum atomic E-state index is -0.557. The summed E-state index contributed by atoms with van der Waals surface area (Å²) in [5, 5.41) is 18.5. The number of hydrogen-bond donors (Lipinski definition) is 4. The molecule has 1 heterocycles. The summed E-state index contributed by atoms with van der Waals surface area (Å²) in [5.41, 5.74) is -1.08. The lowest BCUT2D eigenvalue weighted by atomic mass is 10.1. The van der Waals surface area contributed by atoms with Crippen LogP contribution in [0.25, 0.3) is 0 Å². The molecular formula is C19H23N5O4. The molecule has 9 nitrogen and oxygen atoms in total. The highest BCUT2D eigenvalue weighted by molar-refractivity contribution is 5.98. The predicted molar refractivity (Wildman–Crippen MR) is 108 cm³/mol. The summed E-state index contributed by atoms with van der Waals surface area (Å²) in [6.45, 7) is 1.84. The first-order chi connectivity index (χ1) is 13.2. The number of nitrogens with one attached hydrogen (secondary N) is 3. The van der Waals surface area contributed by atoms with Crippen molar-refractivity contribution in [2.24, 2.45) is 7.05 Å². The van der Waals surface area contributed by atoms with Gasteiger partial charge in [0.15, 0.2) is 5.75 Å². The number of phenols is 1. The van der Waals surface area contributed by atoms with Gasteiger partial charge in [-0.05, 0) is 18.6 Å². The number of amides is 1. The van der Waals surface area contributed by atoms with Crippen molar-refractivity contribution in [3.63, 3.8) is 0 Å². The second kappa shape index (κ2) is 8.35. The van der Waals surface area contributed by atoms with Crippen LogP contribution in [0, 0.1) is 12.3 Å². The van der Waals surface area contributed by atoms with E-state index in [9.17, 15) is 19.5 Å². The predicted octanol–water partition coefficient (Wildman–Crippen LogP) is 1.05. The van der Waals surface area contributed by atoms with Gasteiger partial charge in [0.05, 0.1) is 17.3 Å². The van der Waals surface area contributed by atoms with Gasteiger partial charge in [-0.1, -0.05) is 18.9 Å². The molecule has 28 heavy (non-hydrogen) atoms. The van der Waals surface area contributed by atoms with E-state index in [0.717, 1.165) is 4.68 Å². The van der Waals surface area contributed by atoms with Crippen molar-refractivity contribution in [3.8, 4) is 18.1 Å². The van der Waals surface area contributed by atoms with Crippen LogP contribution in [0.5, 0.6) is 5.75 Å². The van der Waals surface area contributed by atoms with Crippen LogP contribution < -0.4 is 21.8 Å². The van der Waals surface area contributed by atoms with Gasteiger partial charge in [-0.25, -0.2) is 0 Å². The first kappa shape index (κ1) is 20.6. The molecule has 1 amide bonds. The van der Waals surface area contributed by atoms with E-state index in [1.54, 1.807) is 20.2 Å². The van der Waals surface area contributed by atoms with Crippen molar-refractivity contribution >= 4 is 23.0 Å². The van der Waals surface area contributed by atoms with Gasteiger partial charge >= 0.3 is 0 Å². The Balaban J connectivity index is 2.60. The number of nitrogens with zero attached hydrogens (tertiary/aromatic N) is 2. The molecular weight excluding hydrogens is 362 g/mol. The fourth-order valence-corrected chi connectivity index (χ4v) is 2.53. The van der Waals surface area contributed by atoms with Crippen LogP contribution in [0.1, 0.15) is 23.7 Å². The highest BCUT2D eigenvalue weighted by Gasteiger charge is 2.20. The van der Waals surface area contributed by atoms with E-state index >= 15 is 0 Å². The molecule has 0 aliphatic heterocycles. The number of phenolic OH excluding ortho intramolecular Hbond substituents is 1. The van der Waals surface area contributed by atoms with Crippen molar-refractivity contribution in [2.45, 2.75) is 19.4 Å². The van der Waals surface area contributed by atoms with Gasteiger partial charge in [-0.2, -0.15) is 0 Å². The molecule has 4 N–H and O–H groups in total. The van der Waals surface area contributed by atoms with Crippen LogP contribution in [0.3, 0.4) is 0 Å². The maximum Gasteiger partial charge on any atom is 0.290 e. The summed E-state index contributed by atoms with van der Waals surface area (Å²) in [6.07, 6.45) is 5.98. The zero-order valence-corrected chi connectivity index (χ0v) is 16.2. The molecule has 1 aromatic heterocycles. The second-order valence-electron chi connectivity index (χ2n) is 6.35. The molecule has 0 saturated carbocycles. The second-order valence-corrected chi connectivity index (χ2v) is 6.35. The number of para-hydroxylation sites is 1. The molecule has 0 radical (unpaired) electrons. The van der Waals surface area contributed by atoms with Crippen molar-refractivity contribution in [1.82, 2.24) is 14.7 Å². The highest BCUT2D eigenvalue weighted by atomic mass is 16.3. The average molecular weight is 385 g/mol. The molecule has 1 unspecified atom stereocenters. The third kappa shape index (κ3) is 4.01. The van der Waals surface area contributed by atoms with E-state index in [4.69, 9.17) is 6.42 Å². The Morgan fingerprint density at radius 1 is 1.36 bits per heavy atom. The summed E-state index contributed by atoms with van der Waals surface area (Å²) in [5.74, 6) is 1.76. The Hall–Kier alpha value is -3.67. The zero-order valence-electron chi connectivity index (χ0n) is 16.2. The third-order valence-electron chi connectivity index (χ3n) is 4.13. The number of rotatable bonds is 6. The Morgan fingerprint density at radius 2 is 2.04 bits per heavy atom. The normalized spacial score (nSPS) is 11.4. The molecule has 0 bridgehead atoms. The van der Waals surface area contributed by atoms with Gasteiger partial charge in [-0.3, -0.25) is 24.2 Å². The number of aromatic nitrogens is 2. The number of terminal acetylenes is 1. The molecule has 2 rings (SSSR count). The molecule has 2 aromatic rings. The number of carbonyl (C=O) groups excluding carboxylic acids is 1. The number of hydrogen-bond acceptors (Lipinski definition) is 6. The first-order valence-electron chi connectivity index (χ1n) is 8.57. The summed E-state index contributed by atoms with van der Waals surface area (Å²) < 4.78 is 1.01. The van der Waals surface area contributed by atoms with Crippen molar-refractivity contribution in [1.29, 1.82) is 0 Å². The zero-order chi connectivity index (χ0) is 21.0. The van der Waals surface area contributed by atoms with Crippen LogP contribution in [0.4, 0.5) is 17.1 Å². The minimum Gasteiger partial charge on any atom is -0.505 e. The van der Waals surface area contributed by atoms with E-state index in [0.29, 0.717) is 6.42 Å². The minimum absolute atomic E-state index is 0.0448. The van der Waals surface area contributed by atoms with Crippen LogP contribution in [-0.4, -0.2) is 45.8 Å². The summed E-state index contributed by atoms with van der Waals surface area (Å²) >= 11 is 0. The molecule has 0 fully saturated rings. The van der Waals surface area contributed by atoms with Gasteiger partial charge < -0.3 is 20.6 Å². The van der Waals surface area contributed by atoms with Crippen LogP contribution in [0.2, 0.25) is 0 Å². The molecule has 0 aliphatic rings. The summed E-state index contributed by atoms with van der Waals surface area (Å²) in [4.78, 5) is 38.6. The Bertz CT molecular complexity index is 1050. The number of aromatic hydroxyl groups is 1. The molecule has 0 aliphatic carbocycles. The number of aryl methyl sites for hydroxylation is 1. The highest BCUT2D eigenvalue weighted by Crippen LogP contribution is 2.31. The number of H-pyrrole nitrogens is 1. The largest absolute Gasteiger partial charge is 0.505 e. The molecule has 0 spiro atoms. The van der Waals surface area contributed by atoms with Crippen molar-refractivity contribution in [3.05, 3.63) is 44.5 Å². The Labute approximate surface area is 162 Å². The van der Waals surface area contributed by atoms with E-state index in [1.165, 1.54) is 24.1 Å². The number of aromatic amines is 1. The third-order valence-corrected chi connectivity index (χ3v) is 4.13. The molecule has 0 saturated heterocycles. The van der Waals surface area contributed by atoms with E-state index in [2.05, 4.69) is 21.7 Å². The lowest BCUT2D eigenvalue weighted by Gasteiger charge is -2.18. The van der Waals surface area contributed by atoms with E-state index < -0.39 is 23.1 Å². The summed E-state index contributed by atoms with van der Waals surface area (Å²) in [7, 11) is 4.51. The average Bonchev–Trinajstić information content (AvgIpc) is 2.66. The topological polar surface area (TPSA) is 119 Å². The van der Waals surface area contributed by atoms with Crippen molar-refractivity contribution in [2.75, 3.05) is 24.7 Å². The van der Waals surface area contributed by atoms with Gasteiger partial charge in [0.2, 0.25) is 0 Å². The smallest absolute Gasteiger partial charge is 0.290 e. The quantitative estimate of drug-likeness (QED) is 0.436.